The second-order valence-corrected chi connectivity index (χ2v) is 16.1. The summed E-state index contributed by atoms with van der Waals surface area (Å²) in [6.07, 6.45) is 1.51. The average molecular weight is 450 g/mol. The number of rotatable bonds is 3. The first-order valence-electron chi connectivity index (χ1n) is 11.4. The van der Waals surface area contributed by atoms with E-state index in [1.807, 2.05) is 32.9 Å². The van der Waals surface area contributed by atoms with Crippen molar-refractivity contribution in [1.82, 2.24) is 0 Å². The van der Waals surface area contributed by atoms with Gasteiger partial charge < -0.3 is 19.0 Å². The number of carbonyl (C=O) groups is 1. The fourth-order valence-corrected chi connectivity index (χ4v) is 4.78. The predicted octanol–water partition coefficient (Wildman–Crippen LogP) is 5.41. The molecule has 2 atom stereocenters. The lowest BCUT2D eigenvalue weighted by atomic mass is 9.93. The molecule has 6 nitrogen and oxygen atoms in total. The third-order valence-electron chi connectivity index (χ3n) is 6.57. The van der Waals surface area contributed by atoms with Crippen molar-refractivity contribution >= 4 is 20.1 Å². The van der Waals surface area contributed by atoms with Gasteiger partial charge in [0.2, 0.25) is 0 Å². The number of aliphatic hydroxyl groups is 1. The van der Waals surface area contributed by atoms with Gasteiger partial charge in [0.05, 0.1) is 12.3 Å². The lowest BCUT2D eigenvalue weighted by Crippen LogP contribution is -2.46. The van der Waals surface area contributed by atoms with E-state index < -0.39 is 26.2 Å². The summed E-state index contributed by atoms with van der Waals surface area (Å²) >= 11 is 0. The van der Waals surface area contributed by atoms with Gasteiger partial charge in [0, 0.05) is 5.56 Å². The molecule has 1 unspecified atom stereocenters. The summed E-state index contributed by atoms with van der Waals surface area (Å²) in [5.41, 5.74) is 2.18. The summed E-state index contributed by atoms with van der Waals surface area (Å²) < 4.78 is 18.4. The molecule has 3 rings (SSSR count). The smallest absolute Gasteiger partial charge is 0.416 e. The standard InChI is InChI=1S/C24H39NO5Si/c1-23(2,3)30-22(27)25-19-13-10-16-9-11-17(15-28-31(7,8)24(4,5)6)29-21(16)18(19)12-14-20(25)26/h10,13,17,20,26H,9,11-12,14-15H2,1-8H3/t17-,20?/m1/s1. The number of fused-ring (bicyclic) bond motifs is 3. The molecule has 0 fully saturated rings. The van der Waals surface area contributed by atoms with Crippen molar-refractivity contribution in [2.24, 2.45) is 0 Å². The van der Waals surface area contributed by atoms with E-state index in [1.165, 1.54) is 4.90 Å². The van der Waals surface area contributed by atoms with Gasteiger partial charge in [0.25, 0.3) is 0 Å². The number of amides is 1. The zero-order valence-electron chi connectivity index (χ0n) is 20.4. The number of anilines is 1. The van der Waals surface area contributed by atoms with Gasteiger partial charge in [0.1, 0.15) is 23.7 Å². The minimum Gasteiger partial charge on any atom is -0.487 e. The monoisotopic (exact) mass is 449 g/mol. The molecule has 0 radical (unpaired) electrons. The Hall–Kier alpha value is -1.57. The van der Waals surface area contributed by atoms with Crippen molar-refractivity contribution in [2.75, 3.05) is 11.5 Å². The fraction of sp³-hybridized carbons (Fsp3) is 0.708. The lowest BCUT2D eigenvalue weighted by Gasteiger charge is -2.39. The zero-order chi connectivity index (χ0) is 23.2. The van der Waals surface area contributed by atoms with Crippen LogP contribution in [0.15, 0.2) is 12.1 Å². The van der Waals surface area contributed by atoms with E-state index in [1.54, 1.807) is 0 Å². The summed E-state index contributed by atoms with van der Waals surface area (Å²) in [7, 11) is -1.85. The summed E-state index contributed by atoms with van der Waals surface area (Å²) in [6.45, 7) is 17.3. The molecule has 0 aliphatic carbocycles. The summed E-state index contributed by atoms with van der Waals surface area (Å²) in [4.78, 5) is 14.2. The molecule has 7 heteroatoms. The molecule has 0 saturated heterocycles. The molecule has 2 aliphatic heterocycles. The molecular formula is C24H39NO5Si. The minimum absolute atomic E-state index is 0.00467. The van der Waals surface area contributed by atoms with Crippen LogP contribution in [0, 0.1) is 0 Å². The van der Waals surface area contributed by atoms with Crippen LogP contribution in [0.5, 0.6) is 5.75 Å². The maximum absolute atomic E-state index is 12.8. The van der Waals surface area contributed by atoms with Gasteiger partial charge in [-0.15, -0.1) is 0 Å². The van der Waals surface area contributed by atoms with Crippen LogP contribution in [0.1, 0.15) is 65.5 Å². The van der Waals surface area contributed by atoms with Crippen LogP contribution in [0.4, 0.5) is 10.5 Å². The molecule has 2 heterocycles. The Balaban J connectivity index is 1.82. The number of aryl methyl sites for hydroxylation is 1. The first-order valence-corrected chi connectivity index (χ1v) is 14.3. The Morgan fingerprint density at radius 2 is 1.84 bits per heavy atom. The Kier molecular flexibility index (Phi) is 6.53. The van der Waals surface area contributed by atoms with E-state index in [2.05, 4.69) is 33.9 Å². The number of hydrogen-bond acceptors (Lipinski definition) is 5. The second-order valence-electron chi connectivity index (χ2n) is 11.3. The van der Waals surface area contributed by atoms with Crippen molar-refractivity contribution < 1.29 is 23.8 Å². The first-order chi connectivity index (χ1) is 14.2. The number of nitrogens with zero attached hydrogens (tertiary/aromatic N) is 1. The highest BCUT2D eigenvalue weighted by Gasteiger charge is 2.39. The molecule has 1 aromatic carbocycles. The number of ether oxygens (including phenoxy) is 2. The van der Waals surface area contributed by atoms with Gasteiger partial charge in [-0.1, -0.05) is 26.8 Å². The van der Waals surface area contributed by atoms with E-state index in [9.17, 15) is 9.90 Å². The van der Waals surface area contributed by atoms with Crippen LogP contribution < -0.4 is 9.64 Å². The highest BCUT2D eigenvalue weighted by atomic mass is 28.4. The molecule has 31 heavy (non-hydrogen) atoms. The minimum atomic E-state index is -1.85. The van der Waals surface area contributed by atoms with Crippen LogP contribution >= 0.6 is 0 Å². The van der Waals surface area contributed by atoms with Crippen molar-refractivity contribution in [2.45, 2.75) is 103 Å². The molecule has 1 aromatic rings. The van der Waals surface area contributed by atoms with Gasteiger partial charge in [0.15, 0.2) is 8.32 Å². The topological polar surface area (TPSA) is 68.2 Å². The van der Waals surface area contributed by atoms with Crippen LogP contribution in [-0.2, 0) is 22.0 Å². The number of carbonyl (C=O) groups excluding carboxylic acids is 1. The molecule has 0 spiro atoms. The zero-order valence-corrected chi connectivity index (χ0v) is 21.4. The third-order valence-corrected chi connectivity index (χ3v) is 11.1. The van der Waals surface area contributed by atoms with E-state index in [4.69, 9.17) is 13.9 Å². The molecule has 0 bridgehead atoms. The van der Waals surface area contributed by atoms with Crippen LogP contribution in [0.3, 0.4) is 0 Å². The SMILES string of the molecule is CC(C)(C)OC(=O)N1c2ccc3c(c2CCC1O)O[C@@H](CO[Si](C)(C)C(C)(C)C)CC3. The Morgan fingerprint density at radius 1 is 1.16 bits per heavy atom. The average Bonchev–Trinajstić information content (AvgIpc) is 2.63. The molecule has 1 amide bonds. The summed E-state index contributed by atoms with van der Waals surface area (Å²) in [5.74, 6) is 0.855. The largest absolute Gasteiger partial charge is 0.487 e. The molecule has 0 saturated carbocycles. The van der Waals surface area contributed by atoms with Crippen molar-refractivity contribution in [3.63, 3.8) is 0 Å². The van der Waals surface area contributed by atoms with Crippen molar-refractivity contribution in [3.05, 3.63) is 23.3 Å². The van der Waals surface area contributed by atoms with Crippen LogP contribution in [0.2, 0.25) is 18.1 Å². The Bertz CT molecular complexity index is 824. The van der Waals surface area contributed by atoms with Crippen LogP contribution in [-0.4, -0.2) is 44.1 Å². The maximum atomic E-state index is 12.8. The number of hydrogen-bond donors (Lipinski definition) is 1. The third kappa shape index (κ3) is 5.26. The molecule has 1 N–H and O–H groups in total. The van der Waals surface area contributed by atoms with Gasteiger partial charge in [-0.3, -0.25) is 4.90 Å². The predicted molar refractivity (Wildman–Crippen MR) is 125 cm³/mol. The lowest BCUT2D eigenvalue weighted by molar-refractivity contribution is 0.0452. The second kappa shape index (κ2) is 8.41. The maximum Gasteiger partial charge on any atom is 0.416 e. The van der Waals surface area contributed by atoms with Gasteiger partial charge in [-0.25, -0.2) is 4.79 Å². The number of aliphatic hydroxyl groups excluding tert-OH is 1. The number of benzene rings is 1. The highest BCUT2D eigenvalue weighted by Crippen LogP contribution is 2.43. The van der Waals surface area contributed by atoms with Gasteiger partial charge in [-0.2, -0.15) is 0 Å². The molecule has 2 aliphatic rings. The molecular weight excluding hydrogens is 410 g/mol. The highest BCUT2D eigenvalue weighted by molar-refractivity contribution is 6.74. The normalized spacial score (nSPS) is 21.8. The van der Waals surface area contributed by atoms with Crippen molar-refractivity contribution in [1.29, 1.82) is 0 Å². The first kappa shape index (κ1) is 24.1. The summed E-state index contributed by atoms with van der Waals surface area (Å²) in [6, 6.07) is 3.92. The molecule has 0 aromatic heterocycles. The van der Waals surface area contributed by atoms with Crippen molar-refractivity contribution in [3.8, 4) is 5.75 Å². The summed E-state index contributed by atoms with van der Waals surface area (Å²) in [5, 5.41) is 10.7. The van der Waals surface area contributed by atoms with E-state index >= 15 is 0 Å². The van der Waals surface area contributed by atoms with Gasteiger partial charge >= 0.3 is 6.09 Å². The Labute approximate surface area is 188 Å². The van der Waals surface area contributed by atoms with Crippen LogP contribution in [0.25, 0.3) is 0 Å². The van der Waals surface area contributed by atoms with E-state index in [0.717, 1.165) is 29.7 Å². The fourth-order valence-electron chi connectivity index (χ4n) is 3.75. The van der Waals surface area contributed by atoms with Gasteiger partial charge in [-0.05, 0) is 76.2 Å². The molecule has 174 valence electrons. The van der Waals surface area contributed by atoms with E-state index in [-0.39, 0.29) is 11.1 Å². The quantitative estimate of drug-likeness (QED) is 0.625. The Morgan fingerprint density at radius 3 is 2.45 bits per heavy atom. The van der Waals surface area contributed by atoms with E-state index in [0.29, 0.717) is 25.1 Å².